The molecule has 1 aromatic carbocycles. The van der Waals surface area contributed by atoms with Gasteiger partial charge in [0.05, 0.1) is 4.90 Å². The van der Waals surface area contributed by atoms with Gasteiger partial charge < -0.3 is 5.73 Å². The summed E-state index contributed by atoms with van der Waals surface area (Å²) >= 11 is 0. The fourth-order valence-electron chi connectivity index (χ4n) is 1.55. The van der Waals surface area contributed by atoms with Crippen molar-refractivity contribution in [2.24, 2.45) is 11.7 Å². The Hall–Kier alpha value is -0.980. The van der Waals surface area contributed by atoms with Crippen LogP contribution in [-0.2, 0) is 16.6 Å². The molecule has 0 amide bonds. The number of hydrogen-bond donors (Lipinski definition) is 2. The summed E-state index contributed by atoms with van der Waals surface area (Å²) < 4.78 is 40.8. The van der Waals surface area contributed by atoms with Crippen molar-refractivity contribution in [3.05, 3.63) is 29.1 Å². The van der Waals surface area contributed by atoms with Gasteiger partial charge in [-0.25, -0.2) is 17.5 Å². The molecule has 4 nitrogen and oxygen atoms in total. The molecule has 0 aliphatic heterocycles. The highest BCUT2D eigenvalue weighted by molar-refractivity contribution is 7.89. The van der Waals surface area contributed by atoms with E-state index in [1.165, 1.54) is 19.1 Å². The zero-order valence-electron chi connectivity index (χ0n) is 11.7. The van der Waals surface area contributed by atoms with Crippen molar-refractivity contribution in [3.8, 4) is 0 Å². The van der Waals surface area contributed by atoms with E-state index in [2.05, 4.69) is 4.72 Å². The molecule has 0 bridgehead atoms. The van der Waals surface area contributed by atoms with Gasteiger partial charge in [0.2, 0.25) is 10.0 Å². The first-order valence-electron chi connectivity index (χ1n) is 6.20. The molecule has 1 unspecified atom stereocenters. The van der Waals surface area contributed by atoms with Gasteiger partial charge in [0, 0.05) is 18.2 Å². The third-order valence-corrected chi connectivity index (χ3v) is 4.91. The minimum atomic E-state index is -3.74. The van der Waals surface area contributed by atoms with Crippen LogP contribution < -0.4 is 10.5 Å². The molecular weight excluding hydrogens is 267 g/mol. The Morgan fingerprint density at radius 2 is 1.89 bits per heavy atom. The Balaban J connectivity index is 3.25. The third kappa shape index (κ3) is 3.75. The molecule has 6 heteroatoms. The standard InChI is InChI=1S/C13H21FN2O2S/c1-8(2)10(4)16-19(17,18)13-6-11(7-15)5-12(14)9(13)3/h5-6,8,10,16H,7,15H2,1-4H3. The maximum Gasteiger partial charge on any atom is 0.241 e. The van der Waals surface area contributed by atoms with Crippen molar-refractivity contribution in [3.63, 3.8) is 0 Å². The summed E-state index contributed by atoms with van der Waals surface area (Å²) in [4.78, 5) is -0.0412. The Morgan fingerprint density at radius 3 is 2.37 bits per heavy atom. The van der Waals surface area contributed by atoms with Crippen LogP contribution in [0.1, 0.15) is 31.9 Å². The highest BCUT2D eigenvalue weighted by Crippen LogP contribution is 2.21. The maximum atomic E-state index is 13.7. The molecule has 0 fully saturated rings. The van der Waals surface area contributed by atoms with Crippen LogP contribution in [0.25, 0.3) is 0 Å². The molecular formula is C13H21FN2O2S. The second kappa shape index (κ2) is 5.98. The van der Waals surface area contributed by atoms with E-state index in [4.69, 9.17) is 5.73 Å². The number of hydrogen-bond acceptors (Lipinski definition) is 3. The number of nitrogens with two attached hydrogens (primary N) is 1. The summed E-state index contributed by atoms with van der Waals surface area (Å²) in [6.07, 6.45) is 0. The Labute approximate surface area is 114 Å². The number of nitrogens with one attached hydrogen (secondary N) is 1. The molecule has 0 saturated carbocycles. The summed E-state index contributed by atoms with van der Waals surface area (Å²) in [5.41, 5.74) is 6.02. The van der Waals surface area contributed by atoms with E-state index in [1.54, 1.807) is 6.92 Å². The van der Waals surface area contributed by atoms with Gasteiger partial charge in [-0.15, -0.1) is 0 Å². The molecule has 3 N–H and O–H groups in total. The first-order valence-corrected chi connectivity index (χ1v) is 7.68. The summed E-state index contributed by atoms with van der Waals surface area (Å²) in [6.45, 7) is 7.15. The Bertz CT molecular complexity index is 556. The lowest BCUT2D eigenvalue weighted by atomic mass is 10.1. The van der Waals surface area contributed by atoms with Gasteiger partial charge in [-0.2, -0.15) is 0 Å². The topological polar surface area (TPSA) is 72.2 Å². The number of halogens is 1. The SMILES string of the molecule is Cc1c(F)cc(CN)cc1S(=O)(=O)NC(C)C(C)C. The van der Waals surface area contributed by atoms with Gasteiger partial charge in [-0.3, -0.25) is 0 Å². The van der Waals surface area contributed by atoms with Crippen molar-refractivity contribution in [2.75, 3.05) is 0 Å². The molecule has 1 rings (SSSR count). The first kappa shape index (κ1) is 16.1. The lowest BCUT2D eigenvalue weighted by molar-refractivity contribution is 0.476. The molecule has 108 valence electrons. The van der Waals surface area contributed by atoms with E-state index in [1.807, 2.05) is 13.8 Å². The van der Waals surface area contributed by atoms with Crippen LogP contribution in [0.2, 0.25) is 0 Å². The van der Waals surface area contributed by atoms with Crippen molar-refractivity contribution >= 4 is 10.0 Å². The smallest absolute Gasteiger partial charge is 0.241 e. The van der Waals surface area contributed by atoms with Gasteiger partial charge in [-0.1, -0.05) is 13.8 Å². The maximum absolute atomic E-state index is 13.7. The van der Waals surface area contributed by atoms with Crippen LogP contribution in [0.4, 0.5) is 4.39 Å². The van der Waals surface area contributed by atoms with E-state index in [9.17, 15) is 12.8 Å². The minimum absolute atomic E-state index is 0.0412. The van der Waals surface area contributed by atoms with E-state index in [-0.39, 0.29) is 29.0 Å². The average Bonchev–Trinajstić information content (AvgIpc) is 2.31. The molecule has 0 spiro atoms. The second-order valence-corrected chi connectivity index (χ2v) is 6.74. The predicted molar refractivity (Wildman–Crippen MR) is 73.6 cm³/mol. The normalized spacial score (nSPS) is 13.8. The molecule has 0 aromatic heterocycles. The molecule has 0 saturated heterocycles. The monoisotopic (exact) mass is 288 g/mol. The second-order valence-electron chi connectivity index (χ2n) is 5.06. The van der Waals surface area contributed by atoms with E-state index >= 15 is 0 Å². The van der Waals surface area contributed by atoms with E-state index < -0.39 is 15.8 Å². The first-order chi connectivity index (χ1) is 8.69. The quantitative estimate of drug-likeness (QED) is 0.869. The lowest BCUT2D eigenvalue weighted by Gasteiger charge is -2.19. The van der Waals surface area contributed by atoms with Crippen LogP contribution in [-0.4, -0.2) is 14.5 Å². The summed E-state index contributed by atoms with van der Waals surface area (Å²) in [5.74, 6) is -0.404. The zero-order valence-corrected chi connectivity index (χ0v) is 12.5. The van der Waals surface area contributed by atoms with Crippen LogP contribution in [0.3, 0.4) is 0 Å². The van der Waals surface area contributed by atoms with Crippen LogP contribution in [0.15, 0.2) is 17.0 Å². The van der Waals surface area contributed by atoms with E-state index in [0.29, 0.717) is 5.56 Å². The fraction of sp³-hybridized carbons (Fsp3) is 0.538. The lowest BCUT2D eigenvalue weighted by Crippen LogP contribution is -2.36. The molecule has 0 heterocycles. The number of sulfonamides is 1. The number of rotatable bonds is 5. The molecule has 0 radical (unpaired) electrons. The van der Waals surface area contributed by atoms with Gasteiger partial charge >= 0.3 is 0 Å². The van der Waals surface area contributed by atoms with Crippen molar-refractivity contribution in [1.82, 2.24) is 4.72 Å². The highest BCUT2D eigenvalue weighted by Gasteiger charge is 2.23. The third-order valence-electron chi connectivity index (χ3n) is 3.22. The van der Waals surface area contributed by atoms with Crippen LogP contribution in [0, 0.1) is 18.7 Å². The summed E-state index contributed by atoms with van der Waals surface area (Å²) in [6, 6.07) is 2.46. The molecule has 1 atom stereocenters. The predicted octanol–water partition coefficient (Wildman–Crippen LogP) is 1.92. The van der Waals surface area contributed by atoms with E-state index in [0.717, 1.165) is 0 Å². The molecule has 1 aromatic rings. The van der Waals surface area contributed by atoms with Crippen LogP contribution in [0.5, 0.6) is 0 Å². The Morgan fingerprint density at radius 1 is 1.32 bits per heavy atom. The van der Waals surface area contributed by atoms with Gasteiger partial charge in [-0.05, 0) is 37.5 Å². The zero-order chi connectivity index (χ0) is 14.8. The fourth-order valence-corrected chi connectivity index (χ4v) is 3.24. The summed E-state index contributed by atoms with van der Waals surface area (Å²) in [5, 5.41) is 0. The van der Waals surface area contributed by atoms with Crippen molar-refractivity contribution in [1.29, 1.82) is 0 Å². The summed E-state index contributed by atoms with van der Waals surface area (Å²) in [7, 11) is -3.74. The van der Waals surface area contributed by atoms with Crippen LogP contribution >= 0.6 is 0 Å². The molecule has 0 aliphatic rings. The van der Waals surface area contributed by atoms with Gasteiger partial charge in [0.25, 0.3) is 0 Å². The molecule has 0 aliphatic carbocycles. The minimum Gasteiger partial charge on any atom is -0.326 e. The highest BCUT2D eigenvalue weighted by atomic mass is 32.2. The molecule has 19 heavy (non-hydrogen) atoms. The number of benzene rings is 1. The van der Waals surface area contributed by atoms with Gasteiger partial charge in [0.15, 0.2) is 0 Å². The van der Waals surface area contributed by atoms with Crippen molar-refractivity contribution < 1.29 is 12.8 Å². The average molecular weight is 288 g/mol. The Kier molecular flexibility index (Phi) is 5.06. The van der Waals surface area contributed by atoms with Gasteiger partial charge in [0.1, 0.15) is 5.82 Å². The van der Waals surface area contributed by atoms with Crippen molar-refractivity contribution in [2.45, 2.75) is 45.2 Å². The largest absolute Gasteiger partial charge is 0.326 e.